The van der Waals surface area contributed by atoms with Crippen molar-refractivity contribution < 1.29 is 8.78 Å². The second-order valence-electron chi connectivity index (χ2n) is 2.46. The molecule has 0 saturated carbocycles. The van der Waals surface area contributed by atoms with E-state index in [0.29, 0.717) is 0 Å². The summed E-state index contributed by atoms with van der Waals surface area (Å²) in [6.07, 6.45) is 0.822. The molecule has 0 unspecified atom stereocenters. The Kier molecular flexibility index (Phi) is 4.08. The highest BCUT2D eigenvalue weighted by Gasteiger charge is 2.02. The lowest BCUT2D eigenvalue weighted by Gasteiger charge is -2.06. The normalized spacial score (nSPS) is 10.5. The van der Waals surface area contributed by atoms with E-state index in [0.717, 1.165) is 10.2 Å². The minimum absolute atomic E-state index is 0.144. The fourth-order valence-corrected chi connectivity index (χ4v) is 1.23. The first kappa shape index (κ1) is 10.4. The Balaban J connectivity index is 2.41. The van der Waals surface area contributed by atoms with Crippen LogP contribution in [0.15, 0.2) is 22.9 Å². The predicted molar refractivity (Wildman–Crippen MR) is 51.0 cm³/mol. The van der Waals surface area contributed by atoms with Crippen molar-refractivity contribution in [3.05, 3.63) is 22.9 Å². The van der Waals surface area contributed by atoms with Crippen LogP contribution in [-0.4, -0.2) is 18.0 Å². The third kappa shape index (κ3) is 3.67. The van der Waals surface area contributed by atoms with Crippen molar-refractivity contribution in [3.8, 4) is 0 Å². The van der Waals surface area contributed by atoms with Gasteiger partial charge in [-0.2, -0.15) is 0 Å². The minimum atomic E-state index is -2.26. The molecule has 1 aromatic heterocycles. The molecule has 0 aromatic carbocycles. The summed E-state index contributed by atoms with van der Waals surface area (Å²) >= 11 is 3.25. The molecule has 13 heavy (non-hydrogen) atoms. The number of rotatable bonds is 4. The van der Waals surface area contributed by atoms with Gasteiger partial charge in [-0.25, -0.2) is 8.78 Å². The van der Waals surface area contributed by atoms with Crippen molar-refractivity contribution in [2.45, 2.75) is 12.8 Å². The molecule has 0 saturated heterocycles. The van der Waals surface area contributed by atoms with E-state index in [-0.39, 0.29) is 13.0 Å². The van der Waals surface area contributed by atoms with Crippen LogP contribution in [0.5, 0.6) is 0 Å². The van der Waals surface area contributed by atoms with Crippen molar-refractivity contribution in [1.29, 1.82) is 0 Å². The monoisotopic (exact) mass is 250 g/mol. The molecule has 0 amide bonds. The van der Waals surface area contributed by atoms with Gasteiger partial charge in [0.15, 0.2) is 0 Å². The van der Waals surface area contributed by atoms with Gasteiger partial charge in [0.2, 0.25) is 6.43 Å². The predicted octanol–water partition coefficient (Wildman–Crippen LogP) is 2.91. The van der Waals surface area contributed by atoms with Gasteiger partial charge in [0.25, 0.3) is 0 Å². The summed E-state index contributed by atoms with van der Waals surface area (Å²) in [4.78, 5) is 3.85. The van der Waals surface area contributed by atoms with Crippen LogP contribution in [-0.2, 0) is 0 Å². The number of pyridine rings is 1. The number of nitrogens with one attached hydrogen (secondary N) is 1. The van der Waals surface area contributed by atoms with Gasteiger partial charge in [0.1, 0.15) is 0 Å². The molecule has 1 rings (SSSR count). The first-order valence-corrected chi connectivity index (χ1v) is 4.61. The molecule has 0 bridgehead atoms. The lowest BCUT2D eigenvalue weighted by molar-refractivity contribution is 0.142. The maximum absolute atomic E-state index is 11.8. The van der Waals surface area contributed by atoms with E-state index in [9.17, 15) is 8.78 Å². The highest BCUT2D eigenvalue weighted by Crippen LogP contribution is 2.19. The number of hydrogen-bond donors (Lipinski definition) is 1. The Bertz CT molecular complexity index is 268. The maximum Gasteiger partial charge on any atom is 0.240 e. The van der Waals surface area contributed by atoms with E-state index in [1.807, 2.05) is 0 Å². The molecular weight excluding hydrogens is 242 g/mol. The first-order chi connectivity index (χ1) is 6.20. The standard InChI is InChI=1S/C8H9BrF2N2/c9-6-5-12-3-1-7(6)13-4-2-8(10)11/h1,3,5,8H,2,4H2,(H,12,13). The first-order valence-electron chi connectivity index (χ1n) is 3.81. The summed E-state index contributed by atoms with van der Waals surface area (Å²) in [6, 6.07) is 1.73. The van der Waals surface area contributed by atoms with E-state index in [1.165, 1.54) is 0 Å². The molecule has 1 N–H and O–H groups in total. The third-order valence-corrected chi connectivity index (χ3v) is 2.08. The molecule has 72 valence electrons. The van der Waals surface area contributed by atoms with Gasteiger partial charge in [-0.3, -0.25) is 4.98 Å². The van der Waals surface area contributed by atoms with Gasteiger partial charge in [-0.05, 0) is 22.0 Å². The van der Waals surface area contributed by atoms with Gasteiger partial charge in [-0.1, -0.05) is 0 Å². The number of hydrogen-bond acceptors (Lipinski definition) is 2. The summed E-state index contributed by atoms with van der Waals surface area (Å²) in [6.45, 7) is 0.264. The molecule has 2 nitrogen and oxygen atoms in total. The largest absolute Gasteiger partial charge is 0.384 e. The molecular formula is C8H9BrF2N2. The Morgan fingerprint density at radius 2 is 2.31 bits per heavy atom. The zero-order valence-electron chi connectivity index (χ0n) is 6.80. The summed E-state index contributed by atoms with van der Waals surface area (Å²) in [5.74, 6) is 0. The van der Waals surface area contributed by atoms with Crippen LogP contribution in [0.2, 0.25) is 0 Å². The van der Waals surface area contributed by atoms with E-state index in [2.05, 4.69) is 26.2 Å². The quantitative estimate of drug-likeness (QED) is 0.889. The Labute approximate surface area is 83.5 Å². The van der Waals surface area contributed by atoms with Crippen molar-refractivity contribution in [2.75, 3.05) is 11.9 Å². The average Bonchev–Trinajstić information content (AvgIpc) is 2.08. The molecule has 0 spiro atoms. The van der Waals surface area contributed by atoms with Crippen LogP contribution in [0.3, 0.4) is 0 Å². The SMILES string of the molecule is FC(F)CCNc1ccncc1Br. The molecule has 0 aliphatic carbocycles. The van der Waals surface area contributed by atoms with E-state index < -0.39 is 6.43 Å². The van der Waals surface area contributed by atoms with E-state index in [1.54, 1.807) is 18.5 Å². The minimum Gasteiger partial charge on any atom is -0.384 e. The summed E-state index contributed by atoms with van der Waals surface area (Å²) in [7, 11) is 0. The van der Waals surface area contributed by atoms with Crippen LogP contribution in [0, 0.1) is 0 Å². The smallest absolute Gasteiger partial charge is 0.240 e. The molecule has 1 heterocycles. The van der Waals surface area contributed by atoms with E-state index >= 15 is 0 Å². The van der Waals surface area contributed by atoms with Gasteiger partial charge < -0.3 is 5.32 Å². The van der Waals surface area contributed by atoms with Gasteiger partial charge in [0, 0.05) is 25.4 Å². The summed E-state index contributed by atoms with van der Waals surface area (Å²) in [5, 5.41) is 2.88. The molecule has 0 fully saturated rings. The number of alkyl halides is 2. The van der Waals surface area contributed by atoms with Crippen molar-refractivity contribution in [3.63, 3.8) is 0 Å². The molecule has 0 aliphatic heterocycles. The van der Waals surface area contributed by atoms with Crippen molar-refractivity contribution in [2.24, 2.45) is 0 Å². The lowest BCUT2D eigenvalue weighted by Crippen LogP contribution is -2.06. The molecule has 1 aromatic rings. The van der Waals surface area contributed by atoms with Gasteiger partial charge in [-0.15, -0.1) is 0 Å². The van der Waals surface area contributed by atoms with Crippen molar-refractivity contribution >= 4 is 21.6 Å². The van der Waals surface area contributed by atoms with Crippen LogP contribution in [0.25, 0.3) is 0 Å². The lowest BCUT2D eigenvalue weighted by atomic mass is 10.4. The zero-order valence-corrected chi connectivity index (χ0v) is 8.39. The highest BCUT2D eigenvalue weighted by molar-refractivity contribution is 9.10. The van der Waals surface area contributed by atoms with E-state index in [4.69, 9.17) is 0 Å². The second-order valence-corrected chi connectivity index (χ2v) is 3.32. The molecule has 5 heteroatoms. The Hall–Kier alpha value is -0.710. The molecule has 0 aliphatic rings. The fourth-order valence-electron chi connectivity index (χ4n) is 0.835. The number of aromatic nitrogens is 1. The highest BCUT2D eigenvalue weighted by atomic mass is 79.9. The third-order valence-electron chi connectivity index (χ3n) is 1.45. The Morgan fingerprint density at radius 3 is 2.92 bits per heavy atom. The molecule has 0 atom stereocenters. The fraction of sp³-hybridized carbons (Fsp3) is 0.375. The molecule has 0 radical (unpaired) electrons. The summed E-state index contributed by atoms with van der Waals surface area (Å²) in [5.41, 5.74) is 0.788. The van der Waals surface area contributed by atoms with Gasteiger partial charge in [0.05, 0.1) is 10.2 Å². The van der Waals surface area contributed by atoms with Crippen molar-refractivity contribution in [1.82, 2.24) is 4.98 Å². The average molecular weight is 251 g/mol. The number of halogens is 3. The maximum atomic E-state index is 11.8. The van der Waals surface area contributed by atoms with Crippen LogP contribution >= 0.6 is 15.9 Å². The van der Waals surface area contributed by atoms with Gasteiger partial charge >= 0.3 is 0 Å². The zero-order chi connectivity index (χ0) is 9.68. The Morgan fingerprint density at radius 1 is 1.54 bits per heavy atom. The van der Waals surface area contributed by atoms with Crippen LogP contribution < -0.4 is 5.32 Å². The summed E-state index contributed by atoms with van der Waals surface area (Å²) < 4.78 is 24.3. The van der Waals surface area contributed by atoms with Crippen LogP contribution in [0.4, 0.5) is 14.5 Å². The second kappa shape index (κ2) is 5.11. The van der Waals surface area contributed by atoms with Crippen LogP contribution in [0.1, 0.15) is 6.42 Å². The topological polar surface area (TPSA) is 24.9 Å². The number of anilines is 1. The number of nitrogens with zero attached hydrogens (tertiary/aromatic N) is 1.